The molecule has 2 aromatic carbocycles. The van der Waals surface area contributed by atoms with Crippen LogP contribution in [0.3, 0.4) is 0 Å². The van der Waals surface area contributed by atoms with Gasteiger partial charge in [-0.3, -0.25) is 14.2 Å². The minimum atomic E-state index is -0.955. The summed E-state index contributed by atoms with van der Waals surface area (Å²) in [6.45, 7) is 5.75. The maximum absolute atomic E-state index is 13.0. The van der Waals surface area contributed by atoms with Gasteiger partial charge in [0.15, 0.2) is 0 Å². The number of carbonyl (C=O) groups is 2. The molecule has 0 atom stereocenters. The fourth-order valence-electron chi connectivity index (χ4n) is 2.95. The van der Waals surface area contributed by atoms with Gasteiger partial charge in [0.25, 0.3) is 5.91 Å². The van der Waals surface area contributed by atoms with E-state index in [1.807, 2.05) is 13.8 Å². The van der Waals surface area contributed by atoms with Gasteiger partial charge >= 0.3 is 5.97 Å². The summed E-state index contributed by atoms with van der Waals surface area (Å²) in [6.07, 6.45) is -0.170. The number of carboxylic acid groups (broad SMARTS) is 1. The molecule has 1 heterocycles. The lowest BCUT2D eigenvalue weighted by atomic mass is 10.1. The van der Waals surface area contributed by atoms with Crippen molar-refractivity contribution in [3.63, 3.8) is 0 Å². The minimum absolute atomic E-state index is 0.170. The number of carboxylic acids is 1. The van der Waals surface area contributed by atoms with Gasteiger partial charge < -0.3 is 9.84 Å². The molecule has 0 saturated carbocycles. The molecule has 0 saturated heterocycles. The maximum Gasteiger partial charge on any atom is 0.307 e. The molecule has 3 aromatic rings. The molecule has 0 amide bonds. The lowest BCUT2D eigenvalue weighted by molar-refractivity contribution is -0.136. The fourth-order valence-corrected chi connectivity index (χ4v) is 3.07. The number of ether oxygens (including phenoxy) is 1. The van der Waals surface area contributed by atoms with Gasteiger partial charge in [-0.05, 0) is 55.0 Å². The Labute approximate surface area is 163 Å². The van der Waals surface area contributed by atoms with Crippen molar-refractivity contribution in [1.82, 2.24) is 4.57 Å². The van der Waals surface area contributed by atoms with Crippen molar-refractivity contribution in [2.75, 3.05) is 7.11 Å². The summed E-state index contributed by atoms with van der Waals surface area (Å²) >= 11 is 5.89. The number of nitrogens with zero attached hydrogens (tertiary/aromatic N) is 1. The van der Waals surface area contributed by atoms with Crippen LogP contribution in [0.2, 0.25) is 5.02 Å². The molecular formula is C21H22ClNO4. The zero-order valence-electron chi connectivity index (χ0n) is 15.7. The smallest absolute Gasteiger partial charge is 0.307 e. The summed E-state index contributed by atoms with van der Waals surface area (Å²) in [4.78, 5) is 24.3. The highest BCUT2D eigenvalue weighted by molar-refractivity contribution is 6.30. The summed E-state index contributed by atoms with van der Waals surface area (Å²) in [5.74, 6) is -0.583. The van der Waals surface area contributed by atoms with E-state index in [1.165, 1.54) is 4.57 Å². The lowest BCUT2D eigenvalue weighted by Crippen LogP contribution is -2.14. The van der Waals surface area contributed by atoms with E-state index in [0.717, 1.165) is 0 Å². The third-order valence-corrected chi connectivity index (χ3v) is 4.42. The standard InChI is InChI=1S/C19H16ClNO4.C2H6/c1-11-15(10-18(22)23)16-9-14(25-2)7-8-17(16)21(11)19(24)12-3-5-13(20)6-4-12;1-2/h3-9H,10H2,1-2H3,(H,22,23);1-2H3. The molecule has 5 nitrogen and oxygen atoms in total. The van der Waals surface area contributed by atoms with Crippen LogP contribution in [-0.4, -0.2) is 28.7 Å². The van der Waals surface area contributed by atoms with Crippen LogP contribution < -0.4 is 4.74 Å². The Kier molecular flexibility index (Phi) is 6.64. The molecule has 0 aliphatic carbocycles. The number of aromatic nitrogens is 1. The molecule has 0 aliphatic heterocycles. The zero-order valence-corrected chi connectivity index (χ0v) is 16.5. The minimum Gasteiger partial charge on any atom is -0.497 e. The third-order valence-electron chi connectivity index (χ3n) is 4.16. The highest BCUT2D eigenvalue weighted by Gasteiger charge is 2.21. The number of hydrogen-bond acceptors (Lipinski definition) is 3. The Morgan fingerprint density at radius 1 is 1.11 bits per heavy atom. The van der Waals surface area contributed by atoms with Crippen LogP contribution >= 0.6 is 11.6 Å². The van der Waals surface area contributed by atoms with Crippen LogP contribution in [0.15, 0.2) is 42.5 Å². The van der Waals surface area contributed by atoms with Gasteiger partial charge in [0.2, 0.25) is 0 Å². The normalized spacial score (nSPS) is 10.3. The van der Waals surface area contributed by atoms with Gasteiger partial charge in [0.05, 0.1) is 19.0 Å². The van der Waals surface area contributed by atoms with Crippen LogP contribution in [0.1, 0.15) is 35.5 Å². The number of fused-ring (bicyclic) bond motifs is 1. The van der Waals surface area contributed by atoms with Gasteiger partial charge in [-0.1, -0.05) is 25.4 Å². The maximum atomic E-state index is 13.0. The molecule has 0 unspecified atom stereocenters. The van der Waals surface area contributed by atoms with Crippen LogP contribution in [0.5, 0.6) is 5.75 Å². The second-order valence-electron chi connectivity index (χ2n) is 5.67. The molecule has 1 N–H and O–H groups in total. The summed E-state index contributed by atoms with van der Waals surface area (Å²) in [5.41, 5.74) is 2.32. The second kappa shape index (κ2) is 8.73. The van der Waals surface area contributed by atoms with Crippen molar-refractivity contribution in [2.24, 2.45) is 0 Å². The SMILES string of the molecule is CC.COc1ccc2c(c1)c(CC(=O)O)c(C)n2C(=O)c1ccc(Cl)cc1. The topological polar surface area (TPSA) is 68.5 Å². The van der Waals surface area contributed by atoms with E-state index in [-0.39, 0.29) is 12.3 Å². The average molecular weight is 388 g/mol. The van der Waals surface area contributed by atoms with E-state index < -0.39 is 5.97 Å². The first-order valence-electron chi connectivity index (χ1n) is 8.62. The molecular weight excluding hydrogens is 366 g/mol. The zero-order chi connectivity index (χ0) is 20.1. The lowest BCUT2D eigenvalue weighted by Gasteiger charge is -2.08. The number of halogens is 1. The molecule has 142 valence electrons. The van der Waals surface area contributed by atoms with Crippen LogP contribution in [0.25, 0.3) is 10.9 Å². The van der Waals surface area contributed by atoms with Gasteiger partial charge in [0.1, 0.15) is 5.75 Å². The molecule has 27 heavy (non-hydrogen) atoms. The fraction of sp³-hybridized carbons (Fsp3) is 0.238. The molecule has 0 fully saturated rings. The Bertz CT molecular complexity index is 974. The van der Waals surface area contributed by atoms with Crippen LogP contribution in [0.4, 0.5) is 0 Å². The number of aliphatic carboxylic acids is 1. The summed E-state index contributed by atoms with van der Waals surface area (Å²) < 4.78 is 6.77. The van der Waals surface area contributed by atoms with Crippen LogP contribution in [0, 0.1) is 6.92 Å². The predicted octanol–water partition coefficient (Wildman–Crippen LogP) is 4.95. The third kappa shape index (κ3) is 4.14. The Morgan fingerprint density at radius 2 is 1.74 bits per heavy atom. The van der Waals surface area contributed by atoms with Crippen molar-refractivity contribution >= 4 is 34.4 Å². The van der Waals surface area contributed by atoms with E-state index in [9.17, 15) is 14.7 Å². The molecule has 0 spiro atoms. The Hall–Kier alpha value is -2.79. The summed E-state index contributed by atoms with van der Waals surface area (Å²) in [7, 11) is 1.54. The van der Waals surface area contributed by atoms with Crippen molar-refractivity contribution in [3.8, 4) is 5.75 Å². The van der Waals surface area contributed by atoms with Crippen LogP contribution in [-0.2, 0) is 11.2 Å². The van der Waals surface area contributed by atoms with Gasteiger partial charge in [0, 0.05) is 21.7 Å². The van der Waals surface area contributed by atoms with Crippen molar-refractivity contribution < 1.29 is 19.4 Å². The molecule has 3 rings (SSSR count). The Balaban J connectivity index is 0.00000126. The molecule has 6 heteroatoms. The molecule has 0 bridgehead atoms. The second-order valence-corrected chi connectivity index (χ2v) is 6.10. The van der Waals surface area contributed by atoms with Crippen molar-refractivity contribution in [1.29, 1.82) is 0 Å². The summed E-state index contributed by atoms with van der Waals surface area (Å²) in [5, 5.41) is 10.5. The monoisotopic (exact) mass is 387 g/mol. The summed E-state index contributed by atoms with van der Waals surface area (Å²) in [6, 6.07) is 11.9. The van der Waals surface area contributed by atoms with E-state index in [0.29, 0.717) is 38.5 Å². The highest BCUT2D eigenvalue weighted by atomic mass is 35.5. The molecule has 0 aliphatic rings. The van der Waals surface area contributed by atoms with E-state index >= 15 is 0 Å². The quantitative estimate of drug-likeness (QED) is 0.687. The van der Waals surface area contributed by atoms with Gasteiger partial charge in [-0.15, -0.1) is 0 Å². The first-order chi connectivity index (χ1) is 12.9. The predicted molar refractivity (Wildman–Crippen MR) is 107 cm³/mol. The van der Waals surface area contributed by atoms with Crippen molar-refractivity contribution in [2.45, 2.75) is 27.2 Å². The largest absolute Gasteiger partial charge is 0.497 e. The first-order valence-corrected chi connectivity index (χ1v) is 9.00. The van der Waals surface area contributed by atoms with Crippen molar-refractivity contribution in [3.05, 3.63) is 64.3 Å². The number of rotatable bonds is 4. The van der Waals surface area contributed by atoms with E-state index in [1.54, 1.807) is 56.5 Å². The van der Waals surface area contributed by atoms with Gasteiger partial charge in [-0.25, -0.2) is 0 Å². The van der Waals surface area contributed by atoms with E-state index in [2.05, 4.69) is 0 Å². The molecule has 0 radical (unpaired) electrons. The highest BCUT2D eigenvalue weighted by Crippen LogP contribution is 2.30. The first kappa shape index (κ1) is 20.5. The Morgan fingerprint density at radius 3 is 2.30 bits per heavy atom. The van der Waals surface area contributed by atoms with Gasteiger partial charge in [-0.2, -0.15) is 0 Å². The number of carbonyl (C=O) groups excluding carboxylic acids is 1. The molecule has 1 aromatic heterocycles. The van der Waals surface area contributed by atoms with E-state index in [4.69, 9.17) is 16.3 Å². The average Bonchev–Trinajstić information content (AvgIpc) is 2.94. The number of methoxy groups -OCH3 is 1. The number of hydrogen-bond donors (Lipinski definition) is 1. The number of benzene rings is 2.